The van der Waals surface area contributed by atoms with Crippen LogP contribution in [0, 0.1) is 0 Å². The van der Waals surface area contributed by atoms with Crippen molar-refractivity contribution in [1.82, 2.24) is 9.55 Å². The van der Waals surface area contributed by atoms with Gasteiger partial charge in [0.2, 0.25) is 5.95 Å². The van der Waals surface area contributed by atoms with Crippen LogP contribution in [0.15, 0.2) is 30.6 Å². The minimum absolute atomic E-state index is 0.891. The molecule has 1 aliphatic rings. The average molecular weight is 227 g/mol. The molecular weight excluding hydrogens is 210 g/mol. The molecule has 1 aromatic heterocycles. The highest BCUT2D eigenvalue weighted by atomic mass is 15.2. The molecule has 0 atom stereocenters. The van der Waals surface area contributed by atoms with Crippen LogP contribution in [0.2, 0.25) is 0 Å². The van der Waals surface area contributed by atoms with Gasteiger partial charge in [-0.2, -0.15) is 0 Å². The zero-order valence-electron chi connectivity index (χ0n) is 10.1. The molecule has 2 aromatic rings. The molecule has 88 valence electrons. The number of nitrogens with zero attached hydrogens (tertiary/aromatic N) is 2. The molecule has 0 spiro atoms. The second-order valence-electron chi connectivity index (χ2n) is 4.46. The molecule has 0 bridgehead atoms. The molecule has 0 amide bonds. The molecule has 0 radical (unpaired) electrons. The van der Waals surface area contributed by atoms with Gasteiger partial charge in [0.15, 0.2) is 0 Å². The third-order valence-electron chi connectivity index (χ3n) is 3.34. The van der Waals surface area contributed by atoms with Crippen molar-refractivity contribution in [2.75, 3.05) is 11.9 Å². The molecule has 17 heavy (non-hydrogen) atoms. The standard InChI is InChI=1S/C14H17N3/c1-2-15-14-16-8-9-17(14)13-7-6-11-4-3-5-12(11)10-13/h6-10H,2-5H2,1H3,(H,15,16). The Kier molecular flexibility index (Phi) is 2.59. The number of anilines is 1. The monoisotopic (exact) mass is 227 g/mol. The Morgan fingerprint density at radius 3 is 3.06 bits per heavy atom. The van der Waals surface area contributed by atoms with Gasteiger partial charge < -0.3 is 5.32 Å². The molecule has 1 heterocycles. The number of fused-ring (bicyclic) bond motifs is 1. The van der Waals surface area contributed by atoms with Gasteiger partial charge in [-0.05, 0) is 49.4 Å². The minimum atomic E-state index is 0.891. The van der Waals surface area contributed by atoms with E-state index in [0.717, 1.165) is 12.5 Å². The fourth-order valence-corrected chi connectivity index (χ4v) is 2.51. The van der Waals surface area contributed by atoms with Crippen LogP contribution in [0.25, 0.3) is 5.69 Å². The summed E-state index contributed by atoms with van der Waals surface area (Å²) in [5, 5.41) is 3.27. The topological polar surface area (TPSA) is 29.9 Å². The molecule has 1 aromatic carbocycles. The molecule has 0 saturated carbocycles. The third-order valence-corrected chi connectivity index (χ3v) is 3.34. The number of aromatic nitrogens is 2. The molecular formula is C14H17N3. The SMILES string of the molecule is CCNc1nccn1-c1ccc2c(c1)CCC2. The zero-order chi connectivity index (χ0) is 11.7. The van der Waals surface area contributed by atoms with Gasteiger partial charge >= 0.3 is 0 Å². The molecule has 3 heteroatoms. The van der Waals surface area contributed by atoms with E-state index in [1.54, 1.807) is 0 Å². The Labute approximate surface area is 101 Å². The summed E-state index contributed by atoms with van der Waals surface area (Å²) in [5.74, 6) is 0.922. The summed E-state index contributed by atoms with van der Waals surface area (Å²) in [4.78, 5) is 4.33. The molecule has 3 nitrogen and oxygen atoms in total. The first-order valence-corrected chi connectivity index (χ1v) is 6.28. The van der Waals surface area contributed by atoms with E-state index in [9.17, 15) is 0 Å². The van der Waals surface area contributed by atoms with Gasteiger partial charge in [0.05, 0.1) is 0 Å². The van der Waals surface area contributed by atoms with Gasteiger partial charge in [0, 0.05) is 24.6 Å². The van der Waals surface area contributed by atoms with Crippen LogP contribution in [-0.2, 0) is 12.8 Å². The van der Waals surface area contributed by atoms with Crippen molar-refractivity contribution in [1.29, 1.82) is 0 Å². The maximum atomic E-state index is 4.33. The average Bonchev–Trinajstić information content (AvgIpc) is 2.96. The van der Waals surface area contributed by atoms with E-state index in [2.05, 4.69) is 40.0 Å². The molecule has 0 aliphatic heterocycles. The lowest BCUT2D eigenvalue weighted by Crippen LogP contribution is -2.05. The van der Waals surface area contributed by atoms with Crippen molar-refractivity contribution in [2.24, 2.45) is 0 Å². The second kappa shape index (κ2) is 4.24. The molecule has 0 saturated heterocycles. The van der Waals surface area contributed by atoms with Crippen LogP contribution in [-0.4, -0.2) is 16.1 Å². The summed E-state index contributed by atoms with van der Waals surface area (Å²) in [5.41, 5.74) is 4.22. The third kappa shape index (κ3) is 1.82. The Hall–Kier alpha value is -1.77. The molecule has 0 fully saturated rings. The van der Waals surface area contributed by atoms with E-state index in [-0.39, 0.29) is 0 Å². The number of hydrogen-bond acceptors (Lipinski definition) is 2. The highest BCUT2D eigenvalue weighted by molar-refractivity contribution is 5.47. The number of imidazole rings is 1. The van der Waals surface area contributed by atoms with Crippen molar-refractivity contribution >= 4 is 5.95 Å². The van der Waals surface area contributed by atoms with Crippen molar-refractivity contribution < 1.29 is 0 Å². The predicted octanol–water partition coefficient (Wildman–Crippen LogP) is 2.79. The van der Waals surface area contributed by atoms with Gasteiger partial charge in [-0.3, -0.25) is 4.57 Å². The quantitative estimate of drug-likeness (QED) is 0.873. The highest BCUT2D eigenvalue weighted by Crippen LogP contribution is 2.25. The van der Waals surface area contributed by atoms with E-state index in [1.165, 1.54) is 36.1 Å². The van der Waals surface area contributed by atoms with Gasteiger partial charge in [-0.25, -0.2) is 4.98 Å². The highest BCUT2D eigenvalue weighted by Gasteiger charge is 2.12. The van der Waals surface area contributed by atoms with Crippen LogP contribution in [0.4, 0.5) is 5.95 Å². The van der Waals surface area contributed by atoms with Crippen LogP contribution in [0.3, 0.4) is 0 Å². The van der Waals surface area contributed by atoms with Crippen molar-refractivity contribution in [2.45, 2.75) is 26.2 Å². The summed E-state index contributed by atoms with van der Waals surface area (Å²) < 4.78 is 2.11. The van der Waals surface area contributed by atoms with Gasteiger partial charge in [-0.15, -0.1) is 0 Å². The van der Waals surface area contributed by atoms with E-state index in [4.69, 9.17) is 0 Å². The molecule has 0 unspecified atom stereocenters. The molecule has 3 rings (SSSR count). The van der Waals surface area contributed by atoms with E-state index >= 15 is 0 Å². The van der Waals surface area contributed by atoms with Gasteiger partial charge in [-0.1, -0.05) is 6.07 Å². The Morgan fingerprint density at radius 1 is 1.29 bits per heavy atom. The van der Waals surface area contributed by atoms with Crippen molar-refractivity contribution in [3.8, 4) is 5.69 Å². The predicted molar refractivity (Wildman–Crippen MR) is 69.8 cm³/mol. The maximum Gasteiger partial charge on any atom is 0.207 e. The number of aryl methyl sites for hydroxylation is 2. The van der Waals surface area contributed by atoms with E-state index in [1.807, 2.05) is 12.4 Å². The normalized spacial score (nSPS) is 13.7. The summed E-state index contributed by atoms with van der Waals surface area (Å²) in [6.07, 6.45) is 7.59. The smallest absolute Gasteiger partial charge is 0.207 e. The summed E-state index contributed by atoms with van der Waals surface area (Å²) in [7, 11) is 0. The van der Waals surface area contributed by atoms with E-state index in [0.29, 0.717) is 0 Å². The van der Waals surface area contributed by atoms with E-state index < -0.39 is 0 Å². The Morgan fingerprint density at radius 2 is 2.18 bits per heavy atom. The van der Waals surface area contributed by atoms with Gasteiger partial charge in [0.25, 0.3) is 0 Å². The minimum Gasteiger partial charge on any atom is -0.356 e. The molecule has 1 aliphatic carbocycles. The second-order valence-corrected chi connectivity index (χ2v) is 4.46. The maximum absolute atomic E-state index is 4.33. The fourth-order valence-electron chi connectivity index (χ4n) is 2.51. The summed E-state index contributed by atoms with van der Waals surface area (Å²) in [6.45, 7) is 2.98. The first kappa shape index (κ1) is 10.4. The molecule has 1 N–H and O–H groups in total. The first-order chi connectivity index (χ1) is 8.38. The lowest BCUT2D eigenvalue weighted by atomic mass is 10.1. The Balaban J connectivity index is 2.00. The number of rotatable bonds is 3. The summed E-state index contributed by atoms with van der Waals surface area (Å²) >= 11 is 0. The fraction of sp³-hybridized carbons (Fsp3) is 0.357. The van der Waals surface area contributed by atoms with Crippen LogP contribution >= 0.6 is 0 Å². The zero-order valence-corrected chi connectivity index (χ0v) is 10.1. The number of nitrogens with one attached hydrogen (secondary N) is 1. The summed E-state index contributed by atoms with van der Waals surface area (Å²) in [6, 6.07) is 6.74. The lowest BCUT2D eigenvalue weighted by Gasteiger charge is -2.10. The Bertz CT molecular complexity index is 528. The first-order valence-electron chi connectivity index (χ1n) is 6.28. The van der Waals surface area contributed by atoms with Gasteiger partial charge in [0.1, 0.15) is 0 Å². The lowest BCUT2D eigenvalue weighted by molar-refractivity contribution is 0.911. The van der Waals surface area contributed by atoms with Crippen molar-refractivity contribution in [3.05, 3.63) is 41.7 Å². The van der Waals surface area contributed by atoms with Crippen molar-refractivity contribution in [3.63, 3.8) is 0 Å². The van der Waals surface area contributed by atoms with Crippen LogP contribution < -0.4 is 5.32 Å². The number of benzene rings is 1. The van der Waals surface area contributed by atoms with Crippen LogP contribution in [0.5, 0.6) is 0 Å². The number of hydrogen-bond donors (Lipinski definition) is 1. The van der Waals surface area contributed by atoms with Crippen LogP contribution in [0.1, 0.15) is 24.5 Å². The largest absolute Gasteiger partial charge is 0.356 e.